The number of hydrogen-bond acceptors (Lipinski definition) is 2. The van der Waals surface area contributed by atoms with Gasteiger partial charge in [-0.25, -0.2) is 0 Å². The first-order valence-electron chi connectivity index (χ1n) is 9.59. The van der Waals surface area contributed by atoms with Gasteiger partial charge in [-0.3, -0.25) is 9.59 Å². The monoisotopic (exact) mass is 366 g/mol. The lowest BCUT2D eigenvalue weighted by Crippen LogP contribution is -2.48. The van der Waals surface area contributed by atoms with E-state index < -0.39 is 6.04 Å². The number of benzene rings is 2. The standard InChI is InChI=1S/C23H30N2O2/c1-5-12-24-23(27)19(4)25(16-21-11-7-9-18(3)14-21)22(26)15-20-10-6-8-17(2)13-20/h6-11,13-14,19H,5,12,15-16H2,1-4H3,(H,24,27)/t19-/m1/s1. The molecule has 0 aromatic heterocycles. The third-order valence-corrected chi connectivity index (χ3v) is 4.59. The molecule has 0 saturated heterocycles. The van der Waals surface area contributed by atoms with E-state index in [4.69, 9.17) is 0 Å². The minimum Gasteiger partial charge on any atom is -0.354 e. The molecule has 0 heterocycles. The number of amides is 2. The zero-order valence-electron chi connectivity index (χ0n) is 16.8. The quantitative estimate of drug-likeness (QED) is 0.773. The van der Waals surface area contributed by atoms with Gasteiger partial charge in [-0.15, -0.1) is 0 Å². The van der Waals surface area contributed by atoms with Gasteiger partial charge >= 0.3 is 0 Å². The molecule has 0 radical (unpaired) electrons. The van der Waals surface area contributed by atoms with Crippen LogP contribution < -0.4 is 5.32 Å². The van der Waals surface area contributed by atoms with Crippen LogP contribution >= 0.6 is 0 Å². The lowest BCUT2D eigenvalue weighted by molar-refractivity contribution is -0.140. The predicted molar refractivity (Wildman–Crippen MR) is 109 cm³/mol. The third-order valence-electron chi connectivity index (χ3n) is 4.59. The van der Waals surface area contributed by atoms with Gasteiger partial charge in [0.15, 0.2) is 0 Å². The van der Waals surface area contributed by atoms with Crippen molar-refractivity contribution in [1.29, 1.82) is 0 Å². The van der Waals surface area contributed by atoms with Crippen molar-refractivity contribution in [2.75, 3.05) is 6.54 Å². The van der Waals surface area contributed by atoms with Gasteiger partial charge in [0.2, 0.25) is 11.8 Å². The highest BCUT2D eigenvalue weighted by atomic mass is 16.2. The van der Waals surface area contributed by atoms with Crippen LogP contribution in [0.3, 0.4) is 0 Å². The number of rotatable bonds is 8. The van der Waals surface area contributed by atoms with Crippen LogP contribution in [0.4, 0.5) is 0 Å². The van der Waals surface area contributed by atoms with E-state index in [1.54, 1.807) is 11.8 Å². The predicted octanol–water partition coefficient (Wildman–Crippen LogP) is 3.79. The van der Waals surface area contributed by atoms with Crippen molar-refractivity contribution < 1.29 is 9.59 Å². The maximum absolute atomic E-state index is 13.1. The first kappa shape index (κ1) is 20.7. The van der Waals surface area contributed by atoms with E-state index in [9.17, 15) is 9.59 Å². The number of hydrogen-bond donors (Lipinski definition) is 1. The van der Waals surface area contributed by atoms with Crippen LogP contribution in [0.15, 0.2) is 48.5 Å². The lowest BCUT2D eigenvalue weighted by Gasteiger charge is -2.29. The summed E-state index contributed by atoms with van der Waals surface area (Å²) in [7, 11) is 0. The van der Waals surface area contributed by atoms with Crippen molar-refractivity contribution >= 4 is 11.8 Å². The molecule has 4 heteroatoms. The summed E-state index contributed by atoms with van der Waals surface area (Å²) in [5.41, 5.74) is 4.26. The molecule has 2 aromatic carbocycles. The minimum atomic E-state index is -0.519. The van der Waals surface area contributed by atoms with Crippen molar-refractivity contribution in [3.05, 3.63) is 70.8 Å². The molecular weight excluding hydrogens is 336 g/mol. The molecule has 0 bridgehead atoms. The molecule has 2 rings (SSSR count). The number of carbonyl (C=O) groups is 2. The van der Waals surface area contributed by atoms with Crippen LogP contribution in [0.2, 0.25) is 0 Å². The van der Waals surface area contributed by atoms with Gasteiger partial charge in [0.25, 0.3) is 0 Å². The Hall–Kier alpha value is -2.62. The summed E-state index contributed by atoms with van der Waals surface area (Å²) in [6, 6.07) is 15.5. The SMILES string of the molecule is CCCNC(=O)[C@@H](C)N(Cc1cccc(C)c1)C(=O)Cc1cccc(C)c1. The Balaban J connectivity index is 2.21. The van der Waals surface area contributed by atoms with Crippen LogP contribution in [0.25, 0.3) is 0 Å². The van der Waals surface area contributed by atoms with Crippen molar-refractivity contribution in [3.63, 3.8) is 0 Å². The van der Waals surface area contributed by atoms with Crippen molar-refractivity contribution in [2.24, 2.45) is 0 Å². The minimum absolute atomic E-state index is 0.0405. The second kappa shape index (κ2) is 9.91. The molecule has 2 aromatic rings. The van der Waals surface area contributed by atoms with Crippen LogP contribution in [-0.4, -0.2) is 29.3 Å². The Labute approximate surface area is 162 Å². The van der Waals surface area contributed by atoms with E-state index >= 15 is 0 Å². The maximum Gasteiger partial charge on any atom is 0.242 e. The van der Waals surface area contributed by atoms with Crippen LogP contribution in [0, 0.1) is 13.8 Å². The summed E-state index contributed by atoms with van der Waals surface area (Å²) < 4.78 is 0. The lowest BCUT2D eigenvalue weighted by atomic mass is 10.1. The Morgan fingerprint density at radius 1 is 1.00 bits per heavy atom. The molecule has 0 fully saturated rings. The number of nitrogens with one attached hydrogen (secondary N) is 1. The first-order chi connectivity index (χ1) is 12.9. The first-order valence-corrected chi connectivity index (χ1v) is 9.59. The van der Waals surface area contributed by atoms with E-state index in [1.165, 1.54) is 0 Å². The van der Waals surface area contributed by atoms with Crippen molar-refractivity contribution in [2.45, 2.75) is 53.1 Å². The molecule has 4 nitrogen and oxygen atoms in total. The van der Waals surface area contributed by atoms with E-state index in [0.717, 1.165) is 28.7 Å². The summed E-state index contributed by atoms with van der Waals surface area (Å²) >= 11 is 0. The van der Waals surface area contributed by atoms with E-state index in [2.05, 4.69) is 11.4 Å². The second-order valence-corrected chi connectivity index (χ2v) is 7.14. The molecule has 0 unspecified atom stereocenters. The zero-order valence-corrected chi connectivity index (χ0v) is 16.8. The fourth-order valence-electron chi connectivity index (χ4n) is 3.08. The highest BCUT2D eigenvalue weighted by Crippen LogP contribution is 2.14. The van der Waals surface area contributed by atoms with Crippen LogP contribution in [0.1, 0.15) is 42.5 Å². The molecule has 0 aliphatic carbocycles. The van der Waals surface area contributed by atoms with Crippen LogP contribution in [-0.2, 0) is 22.6 Å². The molecule has 0 saturated carbocycles. The topological polar surface area (TPSA) is 49.4 Å². The van der Waals surface area contributed by atoms with Gasteiger partial charge in [-0.05, 0) is 38.3 Å². The molecule has 1 N–H and O–H groups in total. The highest BCUT2D eigenvalue weighted by Gasteiger charge is 2.26. The Morgan fingerprint density at radius 3 is 2.19 bits per heavy atom. The fraction of sp³-hybridized carbons (Fsp3) is 0.391. The Bertz CT molecular complexity index is 785. The number of aryl methyl sites for hydroxylation is 2. The molecule has 1 atom stereocenters. The average Bonchev–Trinajstić information content (AvgIpc) is 2.63. The third kappa shape index (κ3) is 6.24. The summed E-state index contributed by atoms with van der Waals surface area (Å²) in [5.74, 6) is -0.150. The van der Waals surface area contributed by atoms with E-state index in [0.29, 0.717) is 19.5 Å². The van der Waals surface area contributed by atoms with E-state index in [1.807, 2.05) is 63.2 Å². The maximum atomic E-state index is 13.1. The highest BCUT2D eigenvalue weighted by molar-refractivity contribution is 5.88. The summed E-state index contributed by atoms with van der Waals surface area (Å²) in [6.07, 6.45) is 1.16. The molecule has 0 spiro atoms. The molecule has 0 aliphatic heterocycles. The molecular formula is C23H30N2O2. The zero-order chi connectivity index (χ0) is 19.8. The molecule has 0 aliphatic rings. The summed E-state index contributed by atoms with van der Waals surface area (Å²) in [4.78, 5) is 27.3. The Morgan fingerprint density at radius 2 is 1.59 bits per heavy atom. The van der Waals surface area contributed by atoms with Crippen molar-refractivity contribution in [1.82, 2.24) is 10.2 Å². The fourth-order valence-corrected chi connectivity index (χ4v) is 3.08. The smallest absolute Gasteiger partial charge is 0.242 e. The van der Waals surface area contributed by atoms with Gasteiger partial charge in [0.1, 0.15) is 6.04 Å². The normalized spacial score (nSPS) is 11.7. The molecule has 144 valence electrons. The van der Waals surface area contributed by atoms with Gasteiger partial charge in [0, 0.05) is 13.1 Å². The largest absolute Gasteiger partial charge is 0.354 e. The molecule has 27 heavy (non-hydrogen) atoms. The number of carbonyl (C=O) groups excluding carboxylic acids is 2. The van der Waals surface area contributed by atoms with Gasteiger partial charge in [-0.1, -0.05) is 66.6 Å². The summed E-state index contributed by atoms with van der Waals surface area (Å²) in [6.45, 7) is 8.90. The summed E-state index contributed by atoms with van der Waals surface area (Å²) in [5, 5.41) is 2.90. The average molecular weight is 367 g/mol. The molecule has 2 amide bonds. The second-order valence-electron chi connectivity index (χ2n) is 7.14. The van der Waals surface area contributed by atoms with E-state index in [-0.39, 0.29) is 11.8 Å². The van der Waals surface area contributed by atoms with Gasteiger partial charge in [-0.2, -0.15) is 0 Å². The number of nitrogens with zero attached hydrogens (tertiary/aromatic N) is 1. The van der Waals surface area contributed by atoms with Gasteiger partial charge in [0.05, 0.1) is 6.42 Å². The van der Waals surface area contributed by atoms with Gasteiger partial charge < -0.3 is 10.2 Å². The van der Waals surface area contributed by atoms with Crippen molar-refractivity contribution in [3.8, 4) is 0 Å². The van der Waals surface area contributed by atoms with Crippen LogP contribution in [0.5, 0.6) is 0 Å². The Kier molecular flexibility index (Phi) is 7.59.